The number of carbonyl (C=O) groups excluding carboxylic acids is 1. The van der Waals surface area contributed by atoms with E-state index >= 15 is 0 Å². The van der Waals surface area contributed by atoms with Crippen molar-refractivity contribution < 1.29 is 9.53 Å². The van der Waals surface area contributed by atoms with E-state index in [9.17, 15) is 4.79 Å². The molecule has 1 aliphatic rings. The molecule has 140 valence electrons. The Bertz CT molecular complexity index is 636. The van der Waals surface area contributed by atoms with Crippen molar-refractivity contribution in [1.82, 2.24) is 0 Å². The van der Waals surface area contributed by atoms with E-state index in [2.05, 4.69) is 54.5 Å². The third-order valence-electron chi connectivity index (χ3n) is 6.03. The molecule has 0 N–H and O–H groups in total. The molecule has 0 amide bonds. The van der Waals surface area contributed by atoms with Crippen LogP contribution in [0.5, 0.6) is 5.75 Å². The SMILES string of the molecule is CCC[C@@]1(C)c2ccc(OC(C)=O)c(C(C)C)c2CCC1C(C)(C)C. The third kappa shape index (κ3) is 3.78. The summed E-state index contributed by atoms with van der Waals surface area (Å²) in [7, 11) is 0. The molecule has 1 aromatic rings. The summed E-state index contributed by atoms with van der Waals surface area (Å²) in [6.45, 7) is 17.8. The minimum atomic E-state index is -0.235. The number of hydrogen-bond donors (Lipinski definition) is 0. The van der Waals surface area contributed by atoms with E-state index in [0.717, 1.165) is 12.2 Å². The Morgan fingerprint density at radius 1 is 1.32 bits per heavy atom. The van der Waals surface area contributed by atoms with Crippen LogP contribution in [0.4, 0.5) is 0 Å². The molecule has 2 nitrogen and oxygen atoms in total. The number of carbonyl (C=O) groups is 1. The zero-order chi connectivity index (χ0) is 19.0. The van der Waals surface area contributed by atoms with Crippen LogP contribution in [0.1, 0.15) is 97.3 Å². The Morgan fingerprint density at radius 2 is 1.96 bits per heavy atom. The summed E-state index contributed by atoms with van der Waals surface area (Å²) in [6.07, 6.45) is 4.67. The first-order valence-corrected chi connectivity index (χ1v) is 9.87. The summed E-state index contributed by atoms with van der Waals surface area (Å²) < 4.78 is 5.56. The Hall–Kier alpha value is -1.31. The van der Waals surface area contributed by atoms with E-state index < -0.39 is 0 Å². The molecule has 2 heteroatoms. The van der Waals surface area contributed by atoms with Gasteiger partial charge in [-0.2, -0.15) is 0 Å². The van der Waals surface area contributed by atoms with Gasteiger partial charge in [0.05, 0.1) is 0 Å². The molecule has 0 saturated heterocycles. The minimum absolute atomic E-state index is 0.180. The number of hydrogen-bond acceptors (Lipinski definition) is 2. The molecule has 0 spiro atoms. The topological polar surface area (TPSA) is 26.3 Å². The molecule has 0 heterocycles. The molecule has 0 aromatic heterocycles. The fraction of sp³-hybridized carbons (Fsp3) is 0.696. The normalized spacial score (nSPS) is 23.5. The van der Waals surface area contributed by atoms with Gasteiger partial charge >= 0.3 is 5.97 Å². The number of esters is 1. The Morgan fingerprint density at radius 3 is 2.44 bits per heavy atom. The molecule has 25 heavy (non-hydrogen) atoms. The molecular weight excluding hydrogens is 308 g/mol. The van der Waals surface area contributed by atoms with Gasteiger partial charge in [0.1, 0.15) is 5.75 Å². The molecule has 0 aliphatic heterocycles. The van der Waals surface area contributed by atoms with Crippen molar-refractivity contribution in [3.8, 4) is 5.75 Å². The second kappa shape index (κ2) is 7.13. The summed E-state index contributed by atoms with van der Waals surface area (Å²) in [4.78, 5) is 11.5. The minimum Gasteiger partial charge on any atom is -0.426 e. The van der Waals surface area contributed by atoms with Gasteiger partial charge in [0.2, 0.25) is 0 Å². The van der Waals surface area contributed by atoms with E-state index in [4.69, 9.17) is 4.74 Å². The largest absolute Gasteiger partial charge is 0.426 e. The summed E-state index contributed by atoms with van der Waals surface area (Å²) in [5.74, 6) is 1.53. The van der Waals surface area contributed by atoms with Crippen LogP contribution in [0.15, 0.2) is 12.1 Å². The van der Waals surface area contributed by atoms with Crippen molar-refractivity contribution in [2.24, 2.45) is 11.3 Å². The molecule has 2 atom stereocenters. The smallest absolute Gasteiger partial charge is 0.308 e. The lowest BCUT2D eigenvalue weighted by molar-refractivity contribution is -0.131. The lowest BCUT2D eigenvalue weighted by Gasteiger charge is -2.50. The first kappa shape index (κ1) is 20.0. The third-order valence-corrected chi connectivity index (χ3v) is 6.03. The summed E-state index contributed by atoms with van der Waals surface area (Å²) in [6, 6.07) is 4.28. The lowest BCUT2D eigenvalue weighted by atomic mass is 9.54. The van der Waals surface area contributed by atoms with Gasteiger partial charge in [-0.3, -0.25) is 4.79 Å². The molecule has 0 fully saturated rings. The molecule has 0 bridgehead atoms. The fourth-order valence-corrected chi connectivity index (χ4v) is 5.34. The van der Waals surface area contributed by atoms with E-state index in [-0.39, 0.29) is 16.8 Å². The molecule has 0 saturated carbocycles. The predicted octanol–water partition coefficient (Wildman–Crippen LogP) is 6.40. The van der Waals surface area contributed by atoms with Crippen molar-refractivity contribution in [2.75, 3.05) is 0 Å². The Labute approximate surface area is 154 Å². The van der Waals surface area contributed by atoms with Crippen LogP contribution in [-0.4, -0.2) is 5.97 Å². The molecule has 1 aliphatic carbocycles. The fourth-order valence-electron chi connectivity index (χ4n) is 5.34. The van der Waals surface area contributed by atoms with Gasteiger partial charge in [0.15, 0.2) is 0 Å². The molecule has 2 rings (SSSR count). The summed E-state index contributed by atoms with van der Waals surface area (Å²) in [5, 5.41) is 0. The Balaban J connectivity index is 2.67. The first-order chi connectivity index (χ1) is 11.5. The van der Waals surface area contributed by atoms with Gasteiger partial charge in [0, 0.05) is 12.5 Å². The van der Waals surface area contributed by atoms with Crippen molar-refractivity contribution in [3.05, 3.63) is 28.8 Å². The van der Waals surface area contributed by atoms with Crippen LogP contribution in [0, 0.1) is 11.3 Å². The average molecular weight is 345 g/mol. The molecule has 1 unspecified atom stereocenters. The zero-order valence-corrected chi connectivity index (χ0v) is 17.5. The number of benzene rings is 1. The van der Waals surface area contributed by atoms with Crippen molar-refractivity contribution >= 4 is 5.97 Å². The van der Waals surface area contributed by atoms with E-state index in [1.807, 2.05) is 6.07 Å². The van der Waals surface area contributed by atoms with Crippen LogP contribution in [0.2, 0.25) is 0 Å². The van der Waals surface area contributed by atoms with Crippen molar-refractivity contribution in [3.63, 3.8) is 0 Å². The number of ether oxygens (including phenoxy) is 1. The van der Waals surface area contributed by atoms with Crippen LogP contribution < -0.4 is 4.74 Å². The van der Waals surface area contributed by atoms with E-state index in [1.165, 1.54) is 42.9 Å². The first-order valence-electron chi connectivity index (χ1n) is 9.87. The number of rotatable bonds is 4. The highest BCUT2D eigenvalue weighted by molar-refractivity contribution is 5.70. The van der Waals surface area contributed by atoms with Gasteiger partial charge in [-0.05, 0) is 59.1 Å². The quantitative estimate of drug-likeness (QED) is 0.466. The zero-order valence-electron chi connectivity index (χ0n) is 17.5. The highest BCUT2D eigenvalue weighted by Gasteiger charge is 2.45. The molecular formula is C23H36O2. The van der Waals surface area contributed by atoms with Crippen LogP contribution in [0.3, 0.4) is 0 Å². The standard InChI is InChI=1S/C23H36O2/c1-9-14-23(8)18-11-12-19(25-16(4)24)21(15(2)3)17(18)10-13-20(23)22(5,6)7/h11-12,15,20H,9-10,13-14H2,1-8H3/t20?,23-/m0/s1. The van der Waals surface area contributed by atoms with Gasteiger partial charge in [-0.1, -0.05) is 61.0 Å². The lowest BCUT2D eigenvalue weighted by Crippen LogP contribution is -2.44. The maximum absolute atomic E-state index is 11.5. The van der Waals surface area contributed by atoms with Crippen molar-refractivity contribution in [1.29, 1.82) is 0 Å². The van der Waals surface area contributed by atoms with Gasteiger partial charge in [-0.15, -0.1) is 0 Å². The predicted molar refractivity (Wildman–Crippen MR) is 105 cm³/mol. The molecule has 1 aromatic carbocycles. The maximum Gasteiger partial charge on any atom is 0.308 e. The number of fused-ring (bicyclic) bond motifs is 1. The second-order valence-electron chi connectivity index (χ2n) is 9.38. The van der Waals surface area contributed by atoms with E-state index in [0.29, 0.717) is 11.8 Å². The van der Waals surface area contributed by atoms with Gasteiger partial charge in [0.25, 0.3) is 0 Å². The van der Waals surface area contributed by atoms with Crippen LogP contribution in [-0.2, 0) is 16.6 Å². The van der Waals surface area contributed by atoms with Crippen LogP contribution in [0.25, 0.3) is 0 Å². The summed E-state index contributed by atoms with van der Waals surface area (Å²) >= 11 is 0. The maximum atomic E-state index is 11.5. The van der Waals surface area contributed by atoms with Crippen molar-refractivity contribution in [2.45, 2.75) is 92.4 Å². The van der Waals surface area contributed by atoms with Gasteiger partial charge < -0.3 is 4.74 Å². The summed E-state index contributed by atoms with van der Waals surface area (Å²) in [5.41, 5.74) is 4.63. The highest BCUT2D eigenvalue weighted by atomic mass is 16.5. The average Bonchev–Trinajstić information content (AvgIpc) is 2.44. The second-order valence-corrected chi connectivity index (χ2v) is 9.38. The molecule has 0 radical (unpaired) electrons. The van der Waals surface area contributed by atoms with E-state index in [1.54, 1.807) is 0 Å². The highest BCUT2D eigenvalue weighted by Crippen LogP contribution is 2.53. The van der Waals surface area contributed by atoms with Crippen LogP contribution >= 0.6 is 0 Å². The Kier molecular flexibility index (Phi) is 5.71. The monoisotopic (exact) mass is 344 g/mol. The van der Waals surface area contributed by atoms with Gasteiger partial charge in [-0.25, -0.2) is 0 Å².